The van der Waals surface area contributed by atoms with Crippen molar-refractivity contribution in [2.45, 2.75) is 24.7 Å². The minimum absolute atomic E-state index is 0.459. The molecule has 2 rings (SSSR count). The van der Waals surface area contributed by atoms with Gasteiger partial charge in [-0.3, -0.25) is 4.79 Å². The summed E-state index contributed by atoms with van der Waals surface area (Å²) in [4.78, 5) is 11.3. The Morgan fingerprint density at radius 1 is 1.27 bits per heavy atom. The van der Waals surface area contributed by atoms with Gasteiger partial charge in [0.05, 0.1) is 5.41 Å². The van der Waals surface area contributed by atoms with Crippen LogP contribution in [0.3, 0.4) is 0 Å². The van der Waals surface area contributed by atoms with Gasteiger partial charge in [0.1, 0.15) is 0 Å². The zero-order valence-electron chi connectivity index (χ0n) is 8.09. The molecule has 1 saturated carbocycles. The van der Waals surface area contributed by atoms with Crippen LogP contribution in [-0.2, 0) is 10.2 Å². The molecule has 0 aliphatic heterocycles. The highest BCUT2D eigenvalue weighted by molar-refractivity contribution is 5.87. The summed E-state index contributed by atoms with van der Waals surface area (Å²) in [6.45, 7) is 0. The van der Waals surface area contributed by atoms with Crippen molar-refractivity contribution in [1.29, 1.82) is 0 Å². The summed E-state index contributed by atoms with van der Waals surface area (Å²) in [5.74, 6) is -2.29. The monoisotopic (exact) mass is 211 g/mol. The number of hydrogen-bond acceptors (Lipinski definition) is 1. The van der Waals surface area contributed by atoms with E-state index in [-0.39, 0.29) is 0 Å². The summed E-state index contributed by atoms with van der Waals surface area (Å²) in [5, 5.41) is 0. The van der Waals surface area contributed by atoms with Gasteiger partial charge in [0.25, 0.3) is 0 Å². The van der Waals surface area contributed by atoms with Crippen molar-refractivity contribution in [2.24, 2.45) is 5.73 Å². The molecule has 0 saturated heterocycles. The predicted octanol–water partition coefficient (Wildman–Crippen LogP) is 1.87. The summed E-state index contributed by atoms with van der Waals surface area (Å²) in [6.07, 6.45) is 2.13. The Morgan fingerprint density at radius 3 is 2.33 bits per heavy atom. The summed E-state index contributed by atoms with van der Waals surface area (Å²) >= 11 is 0. The molecule has 0 atom stereocenters. The van der Waals surface area contributed by atoms with Crippen molar-refractivity contribution < 1.29 is 13.6 Å². The Bertz CT molecular complexity index is 413. The lowest BCUT2D eigenvalue weighted by molar-refractivity contribution is -0.126. The fourth-order valence-electron chi connectivity index (χ4n) is 2.00. The van der Waals surface area contributed by atoms with Crippen LogP contribution in [0.15, 0.2) is 18.2 Å². The maximum Gasteiger partial charge on any atom is 0.228 e. The van der Waals surface area contributed by atoms with Gasteiger partial charge in [0.15, 0.2) is 11.6 Å². The smallest absolute Gasteiger partial charge is 0.228 e. The maximum absolute atomic E-state index is 13.0. The van der Waals surface area contributed by atoms with E-state index >= 15 is 0 Å². The Balaban J connectivity index is 2.44. The Hall–Kier alpha value is -1.45. The van der Waals surface area contributed by atoms with Crippen LogP contribution in [0.25, 0.3) is 0 Å². The normalized spacial score (nSPS) is 18.3. The highest BCUT2D eigenvalue weighted by Gasteiger charge is 2.44. The molecule has 1 aromatic carbocycles. The highest BCUT2D eigenvalue weighted by Crippen LogP contribution is 2.43. The fraction of sp³-hybridized carbons (Fsp3) is 0.364. The SMILES string of the molecule is NC(=O)C1(c2ccc(F)c(F)c2)CCC1. The van der Waals surface area contributed by atoms with Crippen LogP contribution in [0.4, 0.5) is 8.78 Å². The van der Waals surface area contributed by atoms with Gasteiger partial charge < -0.3 is 5.73 Å². The van der Waals surface area contributed by atoms with E-state index in [1.165, 1.54) is 6.07 Å². The van der Waals surface area contributed by atoms with Crippen molar-refractivity contribution in [2.75, 3.05) is 0 Å². The molecular weight excluding hydrogens is 200 g/mol. The van der Waals surface area contributed by atoms with Crippen LogP contribution in [0, 0.1) is 11.6 Å². The van der Waals surface area contributed by atoms with Crippen molar-refractivity contribution >= 4 is 5.91 Å². The van der Waals surface area contributed by atoms with Gasteiger partial charge in [0, 0.05) is 0 Å². The first-order valence-electron chi connectivity index (χ1n) is 4.82. The van der Waals surface area contributed by atoms with Gasteiger partial charge in [-0.25, -0.2) is 8.78 Å². The van der Waals surface area contributed by atoms with Crippen LogP contribution >= 0.6 is 0 Å². The third-order valence-corrected chi connectivity index (χ3v) is 3.15. The number of carbonyl (C=O) groups is 1. The van der Waals surface area contributed by atoms with Gasteiger partial charge in [-0.2, -0.15) is 0 Å². The molecule has 0 aromatic heterocycles. The second kappa shape index (κ2) is 3.29. The maximum atomic E-state index is 13.0. The molecule has 1 fully saturated rings. The van der Waals surface area contributed by atoms with E-state index in [0.29, 0.717) is 18.4 Å². The molecule has 4 heteroatoms. The Morgan fingerprint density at radius 2 is 1.93 bits per heavy atom. The molecule has 1 aliphatic carbocycles. The second-order valence-corrected chi connectivity index (χ2v) is 3.93. The largest absolute Gasteiger partial charge is 0.369 e. The average Bonchev–Trinajstić information content (AvgIpc) is 2.08. The van der Waals surface area contributed by atoms with Gasteiger partial charge in [0.2, 0.25) is 5.91 Å². The third-order valence-electron chi connectivity index (χ3n) is 3.15. The topological polar surface area (TPSA) is 43.1 Å². The molecule has 1 amide bonds. The van der Waals surface area contributed by atoms with Gasteiger partial charge in [-0.1, -0.05) is 12.5 Å². The quantitative estimate of drug-likeness (QED) is 0.797. The van der Waals surface area contributed by atoms with Gasteiger partial charge >= 0.3 is 0 Å². The lowest BCUT2D eigenvalue weighted by atomic mass is 9.64. The molecule has 0 unspecified atom stereocenters. The first-order chi connectivity index (χ1) is 7.06. The standard InChI is InChI=1S/C11H11F2NO/c12-8-3-2-7(6-9(8)13)11(10(14)15)4-1-5-11/h2-3,6H,1,4-5H2,(H2,14,15). The molecule has 15 heavy (non-hydrogen) atoms. The van der Waals surface area contributed by atoms with E-state index < -0.39 is 23.0 Å². The van der Waals surface area contributed by atoms with Crippen LogP contribution in [0.5, 0.6) is 0 Å². The number of benzene rings is 1. The summed E-state index contributed by atoms with van der Waals surface area (Å²) < 4.78 is 25.7. The molecule has 2 nitrogen and oxygen atoms in total. The van der Waals surface area contributed by atoms with Gasteiger partial charge in [-0.15, -0.1) is 0 Å². The summed E-state index contributed by atoms with van der Waals surface area (Å²) in [7, 11) is 0. The molecule has 1 aliphatic rings. The zero-order valence-corrected chi connectivity index (χ0v) is 8.09. The van der Waals surface area contributed by atoms with E-state index in [2.05, 4.69) is 0 Å². The second-order valence-electron chi connectivity index (χ2n) is 3.93. The fourth-order valence-corrected chi connectivity index (χ4v) is 2.00. The number of primary amides is 1. The number of nitrogens with two attached hydrogens (primary N) is 1. The lowest BCUT2D eigenvalue weighted by Gasteiger charge is -2.39. The van der Waals surface area contributed by atoms with E-state index in [1.807, 2.05) is 0 Å². The van der Waals surface area contributed by atoms with Crippen LogP contribution in [0.1, 0.15) is 24.8 Å². The van der Waals surface area contributed by atoms with Crippen molar-refractivity contribution in [1.82, 2.24) is 0 Å². The number of halogens is 2. The van der Waals surface area contributed by atoms with Gasteiger partial charge in [-0.05, 0) is 30.5 Å². The minimum Gasteiger partial charge on any atom is -0.369 e. The van der Waals surface area contributed by atoms with Crippen LogP contribution in [0.2, 0.25) is 0 Å². The van der Waals surface area contributed by atoms with Crippen LogP contribution < -0.4 is 5.73 Å². The average molecular weight is 211 g/mol. The number of carbonyl (C=O) groups excluding carboxylic acids is 1. The summed E-state index contributed by atoms with van der Waals surface area (Å²) in [6, 6.07) is 3.54. The number of amides is 1. The molecular formula is C11H11F2NO. The Kier molecular flexibility index (Phi) is 2.21. The number of rotatable bonds is 2. The molecule has 1 aromatic rings. The highest BCUT2D eigenvalue weighted by atomic mass is 19.2. The number of hydrogen-bond donors (Lipinski definition) is 1. The van der Waals surface area contributed by atoms with Crippen molar-refractivity contribution in [3.05, 3.63) is 35.4 Å². The third kappa shape index (κ3) is 1.40. The van der Waals surface area contributed by atoms with E-state index in [1.54, 1.807) is 0 Å². The zero-order chi connectivity index (χ0) is 11.1. The van der Waals surface area contributed by atoms with Crippen molar-refractivity contribution in [3.8, 4) is 0 Å². The molecule has 0 bridgehead atoms. The molecule has 0 heterocycles. The molecule has 0 radical (unpaired) electrons. The van der Waals surface area contributed by atoms with Crippen LogP contribution in [-0.4, -0.2) is 5.91 Å². The molecule has 0 spiro atoms. The first kappa shape index (κ1) is 10.1. The van der Waals surface area contributed by atoms with Crippen molar-refractivity contribution in [3.63, 3.8) is 0 Å². The minimum atomic E-state index is -0.931. The molecule has 80 valence electrons. The lowest BCUT2D eigenvalue weighted by Crippen LogP contribution is -2.46. The first-order valence-corrected chi connectivity index (χ1v) is 4.82. The molecule has 2 N–H and O–H groups in total. The predicted molar refractivity (Wildman–Crippen MR) is 51.1 cm³/mol. The van der Waals surface area contributed by atoms with E-state index in [9.17, 15) is 13.6 Å². The van der Waals surface area contributed by atoms with E-state index in [0.717, 1.165) is 18.6 Å². The van der Waals surface area contributed by atoms with E-state index in [4.69, 9.17) is 5.73 Å². The summed E-state index contributed by atoms with van der Waals surface area (Å²) in [5.41, 5.74) is 5.01. The Labute approximate surface area is 86.1 Å².